The highest BCUT2D eigenvalue weighted by atomic mass is 19.1. The highest BCUT2D eigenvalue weighted by molar-refractivity contribution is 5.98. The van der Waals surface area contributed by atoms with Crippen LogP contribution in [0.15, 0.2) is 91.0 Å². The van der Waals surface area contributed by atoms with Crippen molar-refractivity contribution in [2.24, 2.45) is 0 Å². The number of fused-ring (bicyclic) bond motifs is 1. The first kappa shape index (κ1) is 22.5. The molecule has 2 heterocycles. The fourth-order valence-electron chi connectivity index (χ4n) is 4.38. The van der Waals surface area contributed by atoms with E-state index < -0.39 is 0 Å². The van der Waals surface area contributed by atoms with E-state index in [0.29, 0.717) is 31.7 Å². The molecule has 1 N–H and O–H groups in total. The fraction of sp³-hybridized carbons (Fsp3) is 0.179. The van der Waals surface area contributed by atoms with E-state index in [9.17, 15) is 14.0 Å². The second-order valence-corrected chi connectivity index (χ2v) is 8.62. The molecule has 4 aromatic rings. The van der Waals surface area contributed by atoms with Crippen LogP contribution in [0, 0.1) is 5.82 Å². The van der Waals surface area contributed by atoms with Crippen LogP contribution in [0.25, 0.3) is 0 Å². The highest BCUT2D eigenvalue weighted by Gasteiger charge is 2.28. The predicted octanol–water partition coefficient (Wildman–Crippen LogP) is 4.39. The van der Waals surface area contributed by atoms with Crippen LogP contribution in [0.2, 0.25) is 0 Å². The lowest BCUT2D eigenvalue weighted by Gasteiger charge is -2.27. The largest absolute Gasteiger partial charge is 0.344 e. The van der Waals surface area contributed by atoms with Crippen molar-refractivity contribution in [2.75, 3.05) is 6.54 Å². The number of amides is 2. The number of halogens is 1. The van der Waals surface area contributed by atoms with E-state index >= 15 is 0 Å². The van der Waals surface area contributed by atoms with Gasteiger partial charge >= 0.3 is 0 Å². The molecular weight excluding hydrogens is 443 g/mol. The van der Waals surface area contributed by atoms with E-state index in [1.165, 1.54) is 12.1 Å². The average Bonchev–Trinajstić information content (AvgIpc) is 3.32. The number of hydrogen-bond acceptors (Lipinski definition) is 3. The molecule has 7 heteroatoms. The molecule has 1 aliphatic heterocycles. The van der Waals surface area contributed by atoms with Gasteiger partial charge < -0.3 is 10.2 Å². The SMILES string of the molecule is O=C(N[C@@H](Cc1ccccc1)c1ccccc1)c1cc2n(n1)CCN(Cc1cccc(F)c1)C2=O. The Morgan fingerprint density at radius 1 is 0.914 bits per heavy atom. The highest BCUT2D eigenvalue weighted by Crippen LogP contribution is 2.21. The molecule has 5 rings (SSSR count). The van der Waals surface area contributed by atoms with E-state index in [4.69, 9.17) is 0 Å². The Labute approximate surface area is 203 Å². The second-order valence-electron chi connectivity index (χ2n) is 8.62. The normalized spacial score (nSPS) is 13.9. The molecule has 35 heavy (non-hydrogen) atoms. The van der Waals surface area contributed by atoms with Gasteiger partial charge in [-0.2, -0.15) is 5.10 Å². The number of carbonyl (C=O) groups is 2. The molecule has 176 valence electrons. The minimum Gasteiger partial charge on any atom is -0.344 e. The van der Waals surface area contributed by atoms with Crippen molar-refractivity contribution in [2.45, 2.75) is 25.6 Å². The van der Waals surface area contributed by atoms with E-state index in [0.717, 1.165) is 16.7 Å². The molecule has 1 aromatic heterocycles. The summed E-state index contributed by atoms with van der Waals surface area (Å²) in [4.78, 5) is 27.9. The summed E-state index contributed by atoms with van der Waals surface area (Å²) in [7, 11) is 0. The van der Waals surface area contributed by atoms with E-state index in [-0.39, 0.29) is 29.4 Å². The Kier molecular flexibility index (Phi) is 6.39. The molecule has 0 radical (unpaired) electrons. The summed E-state index contributed by atoms with van der Waals surface area (Å²) in [6.45, 7) is 1.21. The number of nitrogens with zero attached hydrogens (tertiary/aromatic N) is 3. The van der Waals surface area contributed by atoms with Gasteiger partial charge in [-0.25, -0.2) is 4.39 Å². The Morgan fingerprint density at radius 2 is 1.63 bits per heavy atom. The summed E-state index contributed by atoms with van der Waals surface area (Å²) in [6.07, 6.45) is 0.629. The molecule has 0 aliphatic carbocycles. The van der Waals surface area contributed by atoms with Crippen molar-refractivity contribution in [1.29, 1.82) is 0 Å². The third-order valence-electron chi connectivity index (χ3n) is 6.15. The summed E-state index contributed by atoms with van der Waals surface area (Å²) in [5.41, 5.74) is 3.38. The zero-order chi connectivity index (χ0) is 24.2. The van der Waals surface area contributed by atoms with Crippen molar-refractivity contribution in [3.05, 3.63) is 125 Å². The van der Waals surface area contributed by atoms with Crippen molar-refractivity contribution in [3.63, 3.8) is 0 Å². The van der Waals surface area contributed by atoms with Gasteiger partial charge in [-0.05, 0) is 35.2 Å². The van der Waals surface area contributed by atoms with Crippen molar-refractivity contribution in [1.82, 2.24) is 20.0 Å². The lowest BCUT2D eigenvalue weighted by atomic mass is 9.98. The maximum absolute atomic E-state index is 13.6. The summed E-state index contributed by atoms with van der Waals surface area (Å²) in [5, 5.41) is 7.51. The molecule has 3 aromatic carbocycles. The van der Waals surface area contributed by atoms with Gasteiger partial charge in [0.2, 0.25) is 0 Å². The number of aromatic nitrogens is 2. The summed E-state index contributed by atoms with van der Waals surface area (Å²) >= 11 is 0. The summed E-state index contributed by atoms with van der Waals surface area (Å²) in [6, 6.07) is 27.3. The van der Waals surface area contributed by atoms with Gasteiger partial charge in [-0.1, -0.05) is 72.8 Å². The molecule has 0 fully saturated rings. The monoisotopic (exact) mass is 468 g/mol. The molecule has 2 amide bonds. The van der Waals surface area contributed by atoms with Crippen LogP contribution in [-0.4, -0.2) is 33.0 Å². The van der Waals surface area contributed by atoms with E-state index in [2.05, 4.69) is 10.4 Å². The smallest absolute Gasteiger partial charge is 0.272 e. The number of rotatable bonds is 7. The molecule has 0 saturated heterocycles. The molecule has 0 unspecified atom stereocenters. The standard InChI is InChI=1S/C28H25FN4O2/c29-23-13-7-10-21(16-23)19-32-14-15-33-26(28(32)35)18-25(31-33)27(34)30-24(22-11-5-2-6-12-22)17-20-8-3-1-4-9-20/h1-13,16,18,24H,14-15,17,19H2,(H,30,34)/t24-/m0/s1. The van der Waals surface area contributed by atoms with Gasteiger partial charge in [-0.3, -0.25) is 14.3 Å². The Hall–Kier alpha value is -4.26. The third-order valence-corrected chi connectivity index (χ3v) is 6.15. The second kappa shape index (κ2) is 9.93. The zero-order valence-electron chi connectivity index (χ0n) is 19.1. The predicted molar refractivity (Wildman–Crippen MR) is 130 cm³/mol. The van der Waals surface area contributed by atoms with Crippen LogP contribution < -0.4 is 5.32 Å². The molecular formula is C28H25FN4O2. The van der Waals surface area contributed by atoms with E-state index in [1.54, 1.807) is 27.8 Å². The first-order valence-corrected chi connectivity index (χ1v) is 11.6. The first-order valence-electron chi connectivity index (χ1n) is 11.6. The molecule has 0 saturated carbocycles. The number of nitrogens with one attached hydrogen (secondary N) is 1. The number of hydrogen-bond donors (Lipinski definition) is 1. The Bertz CT molecular complexity index is 1340. The minimum absolute atomic E-state index is 0.204. The van der Waals surface area contributed by atoms with Crippen LogP contribution in [-0.2, 0) is 19.5 Å². The molecule has 0 bridgehead atoms. The van der Waals surface area contributed by atoms with Gasteiger partial charge in [0.15, 0.2) is 5.69 Å². The van der Waals surface area contributed by atoms with Crippen LogP contribution >= 0.6 is 0 Å². The Morgan fingerprint density at radius 3 is 2.37 bits per heavy atom. The fourth-order valence-corrected chi connectivity index (χ4v) is 4.38. The van der Waals surface area contributed by atoms with Gasteiger partial charge in [0, 0.05) is 19.2 Å². The lowest BCUT2D eigenvalue weighted by Crippen LogP contribution is -2.39. The average molecular weight is 469 g/mol. The third kappa shape index (κ3) is 5.14. The van der Waals surface area contributed by atoms with Crippen LogP contribution in [0.4, 0.5) is 4.39 Å². The quantitative estimate of drug-likeness (QED) is 0.437. The Balaban J connectivity index is 1.33. The minimum atomic E-state index is -0.334. The van der Waals surface area contributed by atoms with Gasteiger partial charge in [0.25, 0.3) is 11.8 Å². The van der Waals surface area contributed by atoms with E-state index in [1.807, 2.05) is 60.7 Å². The zero-order valence-corrected chi connectivity index (χ0v) is 19.1. The topological polar surface area (TPSA) is 67.2 Å². The number of carbonyl (C=O) groups excluding carboxylic acids is 2. The van der Waals surface area contributed by atoms with Crippen LogP contribution in [0.1, 0.15) is 43.7 Å². The molecule has 6 nitrogen and oxygen atoms in total. The maximum Gasteiger partial charge on any atom is 0.272 e. The van der Waals surface area contributed by atoms with Crippen molar-refractivity contribution in [3.8, 4) is 0 Å². The van der Waals surface area contributed by atoms with Gasteiger partial charge in [0.1, 0.15) is 11.5 Å². The lowest BCUT2D eigenvalue weighted by molar-refractivity contribution is 0.0682. The summed E-state index contributed by atoms with van der Waals surface area (Å²) in [5.74, 6) is -0.892. The van der Waals surface area contributed by atoms with Gasteiger partial charge in [0.05, 0.1) is 12.6 Å². The first-order chi connectivity index (χ1) is 17.1. The summed E-state index contributed by atoms with van der Waals surface area (Å²) < 4.78 is 15.1. The molecule has 0 spiro atoms. The van der Waals surface area contributed by atoms with Crippen LogP contribution in [0.5, 0.6) is 0 Å². The molecule has 1 atom stereocenters. The maximum atomic E-state index is 13.6. The van der Waals surface area contributed by atoms with Crippen molar-refractivity contribution >= 4 is 11.8 Å². The molecule has 1 aliphatic rings. The van der Waals surface area contributed by atoms with Crippen LogP contribution in [0.3, 0.4) is 0 Å². The van der Waals surface area contributed by atoms with Gasteiger partial charge in [-0.15, -0.1) is 0 Å². The number of benzene rings is 3. The van der Waals surface area contributed by atoms with Crippen molar-refractivity contribution < 1.29 is 14.0 Å².